The van der Waals surface area contributed by atoms with Crippen LogP contribution in [-0.2, 0) is 20.2 Å². The van der Waals surface area contributed by atoms with E-state index in [-0.39, 0.29) is 22.2 Å². The lowest BCUT2D eigenvalue weighted by Gasteiger charge is -2.30. The van der Waals surface area contributed by atoms with Crippen LogP contribution in [0.15, 0.2) is 65.8 Å². The van der Waals surface area contributed by atoms with Crippen LogP contribution in [0.5, 0.6) is 5.75 Å². The molecule has 1 unspecified atom stereocenters. The first kappa shape index (κ1) is 21.3. The van der Waals surface area contributed by atoms with Gasteiger partial charge in [0.2, 0.25) is 11.5 Å². The first-order chi connectivity index (χ1) is 14.1. The Morgan fingerprint density at radius 3 is 2.27 bits per heavy atom. The fourth-order valence-corrected chi connectivity index (χ4v) is 3.25. The van der Waals surface area contributed by atoms with Crippen molar-refractivity contribution in [3.63, 3.8) is 0 Å². The van der Waals surface area contributed by atoms with Gasteiger partial charge in [0.15, 0.2) is 21.4 Å². The van der Waals surface area contributed by atoms with Gasteiger partial charge in [-0.1, -0.05) is 12.1 Å². The van der Waals surface area contributed by atoms with Crippen LogP contribution < -0.4 is 10.1 Å². The van der Waals surface area contributed by atoms with Crippen molar-refractivity contribution >= 4 is 21.7 Å². The second-order valence-electron chi connectivity index (χ2n) is 6.53. The Bertz CT molecular complexity index is 1170. The quantitative estimate of drug-likeness (QED) is 0.642. The largest absolute Gasteiger partial charge is 0.470 e. The summed E-state index contributed by atoms with van der Waals surface area (Å²) in [5, 5.41) is 2.48. The molecule has 1 aromatic heterocycles. The first-order valence-corrected chi connectivity index (χ1v) is 10.5. The lowest BCUT2D eigenvalue weighted by Crippen LogP contribution is -2.43. The minimum Gasteiger partial charge on any atom is -0.470 e. The highest BCUT2D eigenvalue weighted by Gasteiger charge is 2.39. The van der Waals surface area contributed by atoms with Gasteiger partial charge in [0, 0.05) is 30.3 Å². The van der Waals surface area contributed by atoms with Crippen molar-refractivity contribution in [1.29, 1.82) is 0 Å². The molecule has 3 aromatic rings. The monoisotopic (exact) mass is 433 g/mol. The van der Waals surface area contributed by atoms with Crippen LogP contribution in [0.2, 0.25) is 0 Å². The molecule has 30 heavy (non-hydrogen) atoms. The third-order valence-corrected chi connectivity index (χ3v) is 5.39. The number of nitrogens with zero attached hydrogens (tertiary/aromatic N) is 2. The number of halogens is 2. The van der Waals surface area contributed by atoms with E-state index in [2.05, 4.69) is 15.3 Å². The molecular formula is C20H17F2N3O4S. The highest BCUT2D eigenvalue weighted by Crippen LogP contribution is 2.32. The molecule has 0 saturated carbocycles. The minimum absolute atomic E-state index is 0.00957. The van der Waals surface area contributed by atoms with E-state index in [0.29, 0.717) is 6.07 Å². The van der Waals surface area contributed by atoms with Crippen molar-refractivity contribution in [2.45, 2.75) is 17.4 Å². The molecule has 1 N–H and O–H groups in total. The average molecular weight is 433 g/mol. The van der Waals surface area contributed by atoms with Crippen LogP contribution in [0.1, 0.15) is 12.5 Å². The van der Waals surface area contributed by atoms with E-state index < -0.39 is 33.0 Å². The molecule has 1 heterocycles. The van der Waals surface area contributed by atoms with Crippen LogP contribution in [-0.4, -0.2) is 30.5 Å². The summed E-state index contributed by atoms with van der Waals surface area (Å²) >= 11 is 0. The van der Waals surface area contributed by atoms with Gasteiger partial charge >= 0.3 is 0 Å². The van der Waals surface area contributed by atoms with Crippen molar-refractivity contribution in [1.82, 2.24) is 9.97 Å². The molecule has 0 radical (unpaired) electrons. The van der Waals surface area contributed by atoms with E-state index in [1.165, 1.54) is 43.6 Å². The van der Waals surface area contributed by atoms with Gasteiger partial charge in [-0.05, 0) is 37.3 Å². The van der Waals surface area contributed by atoms with Crippen LogP contribution >= 0.6 is 0 Å². The predicted molar refractivity (Wildman–Crippen MR) is 105 cm³/mol. The highest BCUT2D eigenvalue weighted by atomic mass is 32.2. The fraction of sp³-hybridized carbons (Fsp3) is 0.150. The van der Waals surface area contributed by atoms with Gasteiger partial charge in [-0.2, -0.15) is 0 Å². The lowest BCUT2D eigenvalue weighted by molar-refractivity contribution is -0.130. The van der Waals surface area contributed by atoms with E-state index >= 15 is 0 Å². The van der Waals surface area contributed by atoms with Gasteiger partial charge in [0.1, 0.15) is 5.82 Å². The molecule has 0 aliphatic carbocycles. The molecule has 1 amide bonds. The van der Waals surface area contributed by atoms with E-state index in [1.54, 1.807) is 6.07 Å². The summed E-state index contributed by atoms with van der Waals surface area (Å²) in [6.07, 6.45) is 3.88. The number of nitrogens with one attached hydrogen (secondary N) is 1. The summed E-state index contributed by atoms with van der Waals surface area (Å²) in [6.45, 7) is 1.36. The van der Waals surface area contributed by atoms with Crippen molar-refractivity contribution < 1.29 is 26.7 Å². The molecular weight excluding hydrogens is 416 g/mol. The molecule has 0 fully saturated rings. The Morgan fingerprint density at radius 2 is 1.70 bits per heavy atom. The number of rotatable bonds is 6. The third-order valence-electron chi connectivity index (χ3n) is 4.27. The van der Waals surface area contributed by atoms with Gasteiger partial charge in [-0.3, -0.25) is 10.1 Å². The van der Waals surface area contributed by atoms with Crippen molar-refractivity contribution in [3.05, 3.63) is 78.1 Å². The molecule has 0 aliphatic rings. The van der Waals surface area contributed by atoms with Gasteiger partial charge < -0.3 is 4.74 Å². The predicted octanol–water partition coefficient (Wildman–Crippen LogP) is 3.09. The molecule has 156 valence electrons. The molecule has 7 nitrogen and oxygen atoms in total. The van der Waals surface area contributed by atoms with Crippen LogP contribution in [0.25, 0.3) is 0 Å². The second-order valence-corrected chi connectivity index (χ2v) is 8.55. The van der Waals surface area contributed by atoms with Gasteiger partial charge in [0.25, 0.3) is 5.91 Å². The summed E-state index contributed by atoms with van der Waals surface area (Å²) < 4.78 is 56.6. The first-order valence-electron chi connectivity index (χ1n) is 8.63. The Hall–Kier alpha value is -3.40. The summed E-state index contributed by atoms with van der Waals surface area (Å²) in [5.74, 6) is -2.93. The Kier molecular flexibility index (Phi) is 5.79. The number of carbonyl (C=O) groups is 1. The standard InChI is InChI=1S/C20H17F2N3O4S/c1-20(18(26)25-19-23-10-3-11-24-19,29-17-9-6-14(21)12-16(17)22)13-4-7-15(8-5-13)30(2,27)28/h3-12H,1-2H3,(H,23,24,25,26). The molecule has 0 spiro atoms. The number of ether oxygens (including phenoxy) is 1. The molecule has 3 rings (SSSR count). The van der Waals surface area contributed by atoms with Gasteiger partial charge in [-0.25, -0.2) is 27.2 Å². The van der Waals surface area contributed by atoms with Crippen LogP contribution in [0, 0.1) is 11.6 Å². The van der Waals surface area contributed by atoms with Gasteiger partial charge in [0.05, 0.1) is 4.90 Å². The molecule has 0 aliphatic heterocycles. The number of carbonyl (C=O) groups excluding carboxylic acids is 1. The molecule has 10 heteroatoms. The summed E-state index contributed by atoms with van der Waals surface area (Å²) in [5.41, 5.74) is -1.60. The van der Waals surface area contributed by atoms with E-state index in [9.17, 15) is 22.0 Å². The SMILES string of the molecule is CC(Oc1ccc(F)cc1F)(C(=O)Nc1ncccn1)c1ccc(S(C)(=O)=O)cc1. The summed E-state index contributed by atoms with van der Waals surface area (Å²) in [7, 11) is -3.47. The van der Waals surface area contributed by atoms with E-state index in [4.69, 9.17) is 4.74 Å². The van der Waals surface area contributed by atoms with Crippen molar-refractivity contribution in [2.75, 3.05) is 11.6 Å². The number of aromatic nitrogens is 2. The maximum Gasteiger partial charge on any atom is 0.275 e. The fourth-order valence-electron chi connectivity index (χ4n) is 2.62. The number of benzene rings is 2. The molecule has 0 saturated heterocycles. The zero-order valence-electron chi connectivity index (χ0n) is 16.0. The molecule has 1 atom stereocenters. The van der Waals surface area contributed by atoms with Crippen LogP contribution in [0.4, 0.5) is 14.7 Å². The number of amides is 1. The topological polar surface area (TPSA) is 98.2 Å². The van der Waals surface area contributed by atoms with Crippen LogP contribution in [0.3, 0.4) is 0 Å². The zero-order valence-corrected chi connectivity index (χ0v) is 16.8. The second kappa shape index (κ2) is 8.15. The van der Waals surface area contributed by atoms with E-state index in [0.717, 1.165) is 18.4 Å². The summed E-state index contributed by atoms with van der Waals surface area (Å²) in [6, 6.07) is 9.60. The Morgan fingerprint density at radius 1 is 1.07 bits per heavy atom. The lowest BCUT2D eigenvalue weighted by atomic mass is 9.94. The smallest absolute Gasteiger partial charge is 0.275 e. The maximum absolute atomic E-state index is 14.2. The average Bonchev–Trinajstić information content (AvgIpc) is 2.70. The molecule has 2 aromatic carbocycles. The Labute approximate surface area is 171 Å². The highest BCUT2D eigenvalue weighted by molar-refractivity contribution is 7.90. The van der Waals surface area contributed by atoms with Gasteiger partial charge in [-0.15, -0.1) is 0 Å². The number of sulfone groups is 1. The van der Waals surface area contributed by atoms with E-state index in [1.807, 2.05) is 0 Å². The Balaban J connectivity index is 2.04. The summed E-state index contributed by atoms with van der Waals surface area (Å²) in [4.78, 5) is 20.9. The zero-order chi connectivity index (χ0) is 21.9. The number of hydrogen-bond acceptors (Lipinski definition) is 6. The van der Waals surface area contributed by atoms with Crippen molar-refractivity contribution in [2.24, 2.45) is 0 Å². The number of anilines is 1. The minimum atomic E-state index is -3.47. The normalized spacial score (nSPS) is 13.3. The van der Waals surface area contributed by atoms with Crippen molar-refractivity contribution in [3.8, 4) is 5.75 Å². The maximum atomic E-state index is 14.2. The third kappa shape index (κ3) is 4.60. The molecule has 0 bridgehead atoms. The number of hydrogen-bond donors (Lipinski definition) is 1.